The van der Waals surface area contributed by atoms with Crippen molar-refractivity contribution in [2.75, 3.05) is 7.11 Å². The van der Waals surface area contributed by atoms with E-state index in [1.807, 2.05) is 13.0 Å². The molecule has 0 fully saturated rings. The smallest absolute Gasteiger partial charge is 0.309 e. The van der Waals surface area contributed by atoms with E-state index in [0.717, 1.165) is 24.8 Å². The van der Waals surface area contributed by atoms with Crippen LogP contribution in [0.1, 0.15) is 32.6 Å². The summed E-state index contributed by atoms with van der Waals surface area (Å²) in [5.74, 6) is -0.255. The molecule has 15 heavy (non-hydrogen) atoms. The molecule has 0 spiro atoms. The van der Waals surface area contributed by atoms with Crippen LogP contribution in [0.15, 0.2) is 23.3 Å². The second-order valence-corrected chi connectivity index (χ2v) is 3.83. The number of aliphatic hydroxyl groups is 1. The number of methoxy groups -OCH3 is 1. The number of carbonyl (C=O) groups is 1. The van der Waals surface area contributed by atoms with Crippen LogP contribution in [0, 0.1) is 0 Å². The van der Waals surface area contributed by atoms with E-state index in [-0.39, 0.29) is 18.5 Å². The molecular weight excluding hydrogens is 192 g/mol. The first-order valence-corrected chi connectivity index (χ1v) is 5.26. The second-order valence-electron chi connectivity index (χ2n) is 3.83. The first-order chi connectivity index (χ1) is 7.15. The number of hydrogen-bond donors (Lipinski definition) is 1. The van der Waals surface area contributed by atoms with E-state index in [4.69, 9.17) is 0 Å². The lowest BCUT2D eigenvalue weighted by Gasteiger charge is -2.20. The molecular formula is C12H18O3. The van der Waals surface area contributed by atoms with Gasteiger partial charge in [0.1, 0.15) is 0 Å². The summed E-state index contributed by atoms with van der Waals surface area (Å²) >= 11 is 0. The summed E-state index contributed by atoms with van der Waals surface area (Å²) in [5.41, 5.74) is 2.18. The maximum atomic E-state index is 10.9. The molecule has 1 N–H and O–H groups in total. The average Bonchev–Trinajstić information content (AvgIpc) is 2.22. The summed E-state index contributed by atoms with van der Waals surface area (Å²) in [6, 6.07) is 0. The van der Waals surface area contributed by atoms with Gasteiger partial charge in [0.15, 0.2) is 0 Å². The van der Waals surface area contributed by atoms with Crippen LogP contribution in [0.2, 0.25) is 0 Å². The van der Waals surface area contributed by atoms with Crippen LogP contribution < -0.4 is 0 Å². The Kier molecular flexibility index (Phi) is 4.56. The molecule has 1 atom stereocenters. The Hall–Kier alpha value is -1.09. The van der Waals surface area contributed by atoms with Crippen molar-refractivity contribution < 1.29 is 14.6 Å². The fourth-order valence-corrected chi connectivity index (χ4v) is 1.76. The van der Waals surface area contributed by atoms with Crippen LogP contribution >= 0.6 is 0 Å². The van der Waals surface area contributed by atoms with Crippen LogP contribution in [0.25, 0.3) is 0 Å². The SMILES string of the molecule is COC(=O)C/C=C\C1=C(C)CCCC1O. The first-order valence-electron chi connectivity index (χ1n) is 5.26. The van der Waals surface area contributed by atoms with Gasteiger partial charge in [-0.05, 0) is 31.8 Å². The number of carbonyl (C=O) groups excluding carboxylic acids is 1. The maximum absolute atomic E-state index is 10.9. The topological polar surface area (TPSA) is 46.5 Å². The molecule has 1 unspecified atom stereocenters. The van der Waals surface area contributed by atoms with Gasteiger partial charge < -0.3 is 9.84 Å². The van der Waals surface area contributed by atoms with Gasteiger partial charge in [0.25, 0.3) is 0 Å². The number of rotatable bonds is 3. The van der Waals surface area contributed by atoms with Crippen LogP contribution in [-0.2, 0) is 9.53 Å². The van der Waals surface area contributed by atoms with Crippen LogP contribution in [-0.4, -0.2) is 24.3 Å². The summed E-state index contributed by atoms with van der Waals surface area (Å²) in [6.07, 6.45) is 6.38. The second kappa shape index (κ2) is 5.71. The zero-order valence-corrected chi connectivity index (χ0v) is 9.32. The molecule has 1 rings (SSSR count). The van der Waals surface area contributed by atoms with Crippen molar-refractivity contribution in [3.63, 3.8) is 0 Å². The van der Waals surface area contributed by atoms with Crippen molar-refractivity contribution in [2.45, 2.75) is 38.7 Å². The van der Waals surface area contributed by atoms with Crippen molar-refractivity contribution >= 4 is 5.97 Å². The standard InChI is InChI=1S/C12H18O3/c1-9-5-3-7-11(13)10(9)6-4-8-12(14)15-2/h4,6,11,13H,3,5,7-8H2,1-2H3/b6-4-. The Balaban J connectivity index is 2.59. The lowest BCUT2D eigenvalue weighted by Crippen LogP contribution is -2.15. The Labute approximate surface area is 90.4 Å². The van der Waals surface area contributed by atoms with E-state index in [0.29, 0.717) is 0 Å². The van der Waals surface area contributed by atoms with Crippen molar-refractivity contribution in [1.82, 2.24) is 0 Å². The number of allylic oxidation sites excluding steroid dienone is 1. The molecule has 0 saturated carbocycles. The van der Waals surface area contributed by atoms with Gasteiger partial charge in [-0.25, -0.2) is 0 Å². The summed E-state index contributed by atoms with van der Waals surface area (Å²) in [4.78, 5) is 10.9. The molecule has 0 saturated heterocycles. The van der Waals surface area contributed by atoms with E-state index in [1.54, 1.807) is 6.08 Å². The first kappa shape index (κ1) is 12.0. The third-order valence-corrected chi connectivity index (χ3v) is 2.69. The average molecular weight is 210 g/mol. The fourth-order valence-electron chi connectivity index (χ4n) is 1.76. The van der Waals surface area contributed by atoms with E-state index in [2.05, 4.69) is 4.74 Å². The van der Waals surface area contributed by atoms with Gasteiger partial charge >= 0.3 is 5.97 Å². The van der Waals surface area contributed by atoms with Gasteiger partial charge in [-0.15, -0.1) is 0 Å². The summed E-state index contributed by atoms with van der Waals surface area (Å²) in [5, 5.41) is 9.74. The Morgan fingerprint density at radius 1 is 1.67 bits per heavy atom. The molecule has 0 amide bonds. The molecule has 0 bridgehead atoms. The zero-order valence-electron chi connectivity index (χ0n) is 9.32. The highest BCUT2D eigenvalue weighted by Gasteiger charge is 2.16. The zero-order chi connectivity index (χ0) is 11.3. The molecule has 0 aromatic heterocycles. The minimum absolute atomic E-state index is 0.255. The Morgan fingerprint density at radius 2 is 2.40 bits per heavy atom. The molecule has 0 aromatic rings. The van der Waals surface area contributed by atoms with Gasteiger partial charge in [-0.3, -0.25) is 4.79 Å². The van der Waals surface area contributed by atoms with Crippen molar-refractivity contribution in [2.24, 2.45) is 0 Å². The number of hydrogen-bond acceptors (Lipinski definition) is 3. The predicted octanol–water partition coefficient (Wildman–Crippen LogP) is 1.97. The third kappa shape index (κ3) is 3.51. The molecule has 84 valence electrons. The minimum Gasteiger partial charge on any atom is -0.469 e. The number of esters is 1. The molecule has 3 heteroatoms. The van der Waals surface area contributed by atoms with Gasteiger partial charge in [0.2, 0.25) is 0 Å². The molecule has 0 heterocycles. The van der Waals surface area contributed by atoms with Crippen molar-refractivity contribution in [1.29, 1.82) is 0 Å². The van der Waals surface area contributed by atoms with E-state index in [1.165, 1.54) is 12.7 Å². The quantitative estimate of drug-likeness (QED) is 0.724. The number of aliphatic hydroxyl groups excluding tert-OH is 1. The Bertz CT molecular complexity index is 289. The van der Waals surface area contributed by atoms with Gasteiger partial charge in [-0.1, -0.05) is 17.7 Å². The van der Waals surface area contributed by atoms with Gasteiger partial charge in [-0.2, -0.15) is 0 Å². The Morgan fingerprint density at radius 3 is 3.00 bits per heavy atom. The summed E-state index contributed by atoms with van der Waals surface area (Å²) < 4.78 is 4.52. The maximum Gasteiger partial charge on any atom is 0.309 e. The fraction of sp³-hybridized carbons (Fsp3) is 0.583. The minimum atomic E-state index is -0.368. The molecule has 1 aliphatic rings. The van der Waals surface area contributed by atoms with E-state index >= 15 is 0 Å². The molecule has 0 radical (unpaired) electrons. The van der Waals surface area contributed by atoms with Crippen molar-refractivity contribution in [3.05, 3.63) is 23.3 Å². The largest absolute Gasteiger partial charge is 0.469 e. The monoisotopic (exact) mass is 210 g/mol. The highest BCUT2D eigenvalue weighted by Crippen LogP contribution is 2.25. The lowest BCUT2D eigenvalue weighted by atomic mass is 9.90. The highest BCUT2D eigenvalue weighted by atomic mass is 16.5. The van der Waals surface area contributed by atoms with Crippen LogP contribution in [0.5, 0.6) is 0 Å². The molecule has 1 aliphatic carbocycles. The highest BCUT2D eigenvalue weighted by molar-refractivity contribution is 5.71. The van der Waals surface area contributed by atoms with Gasteiger partial charge in [0, 0.05) is 0 Å². The van der Waals surface area contributed by atoms with Crippen LogP contribution in [0.3, 0.4) is 0 Å². The lowest BCUT2D eigenvalue weighted by molar-refractivity contribution is -0.139. The molecule has 3 nitrogen and oxygen atoms in total. The van der Waals surface area contributed by atoms with Gasteiger partial charge in [0.05, 0.1) is 19.6 Å². The van der Waals surface area contributed by atoms with Crippen molar-refractivity contribution in [3.8, 4) is 0 Å². The number of ether oxygens (including phenoxy) is 1. The normalized spacial score (nSPS) is 22.2. The summed E-state index contributed by atoms with van der Waals surface area (Å²) in [6.45, 7) is 2.03. The van der Waals surface area contributed by atoms with Crippen LogP contribution in [0.4, 0.5) is 0 Å². The third-order valence-electron chi connectivity index (χ3n) is 2.69. The predicted molar refractivity (Wildman–Crippen MR) is 58.3 cm³/mol. The summed E-state index contributed by atoms with van der Waals surface area (Å²) in [7, 11) is 1.37. The molecule has 0 aliphatic heterocycles. The van der Waals surface area contributed by atoms with E-state index < -0.39 is 0 Å². The van der Waals surface area contributed by atoms with E-state index in [9.17, 15) is 9.90 Å². The molecule has 0 aromatic carbocycles.